The highest BCUT2D eigenvalue weighted by atomic mass is 16.6. The molecule has 2 aliphatic rings. The van der Waals surface area contributed by atoms with Crippen LogP contribution in [-0.4, -0.2) is 35.3 Å². The summed E-state index contributed by atoms with van der Waals surface area (Å²) in [5.74, 6) is 1.75. The fourth-order valence-corrected chi connectivity index (χ4v) is 3.94. The maximum Gasteiger partial charge on any atom is 0.410 e. The fourth-order valence-electron chi connectivity index (χ4n) is 3.94. The standard InChI is InChI=1S/C24H29NO4/c1-23(2,3)29-22(26)25-14-13-24(17-25)12-11-19-15-20(9-10-21(19)28-24)27-16-18-7-5-4-6-8-18/h4-10,15H,11-14,16-17H2,1-3H3. The van der Waals surface area contributed by atoms with E-state index in [1.54, 1.807) is 4.90 Å². The molecule has 2 aromatic rings. The molecule has 2 aromatic carbocycles. The Labute approximate surface area is 172 Å². The minimum Gasteiger partial charge on any atom is -0.489 e. The first-order chi connectivity index (χ1) is 13.8. The molecule has 0 saturated carbocycles. The average Bonchev–Trinajstić information content (AvgIpc) is 3.09. The normalized spacial score (nSPS) is 20.9. The number of rotatable bonds is 3. The van der Waals surface area contributed by atoms with E-state index >= 15 is 0 Å². The Bertz CT molecular complexity index is 874. The quantitative estimate of drug-likeness (QED) is 0.736. The highest BCUT2D eigenvalue weighted by Crippen LogP contribution is 2.40. The van der Waals surface area contributed by atoms with Crippen molar-refractivity contribution in [3.8, 4) is 11.5 Å². The molecule has 5 nitrogen and oxygen atoms in total. The van der Waals surface area contributed by atoms with Gasteiger partial charge in [0.2, 0.25) is 0 Å². The van der Waals surface area contributed by atoms with Crippen molar-refractivity contribution < 1.29 is 19.0 Å². The van der Waals surface area contributed by atoms with Crippen molar-refractivity contribution in [2.24, 2.45) is 0 Å². The van der Waals surface area contributed by atoms with Crippen LogP contribution in [0.4, 0.5) is 4.79 Å². The Hall–Kier alpha value is -2.69. The van der Waals surface area contributed by atoms with E-state index in [2.05, 4.69) is 18.2 Å². The molecule has 1 fully saturated rings. The number of fused-ring (bicyclic) bond motifs is 1. The molecule has 2 heterocycles. The van der Waals surface area contributed by atoms with Crippen LogP contribution in [0.3, 0.4) is 0 Å². The molecule has 0 bridgehead atoms. The second-order valence-corrected chi connectivity index (χ2v) is 8.98. The zero-order valence-electron chi connectivity index (χ0n) is 17.4. The lowest BCUT2D eigenvalue weighted by atomic mass is 9.90. The Balaban J connectivity index is 1.38. The van der Waals surface area contributed by atoms with Gasteiger partial charge in [0.1, 0.15) is 29.3 Å². The first kappa shape index (κ1) is 19.6. The lowest BCUT2D eigenvalue weighted by molar-refractivity contribution is 0.0170. The fraction of sp³-hybridized carbons (Fsp3) is 0.458. The molecule has 154 valence electrons. The van der Waals surface area contributed by atoms with Gasteiger partial charge in [-0.15, -0.1) is 0 Å². The first-order valence-corrected chi connectivity index (χ1v) is 10.3. The lowest BCUT2D eigenvalue weighted by Crippen LogP contribution is -2.44. The zero-order valence-corrected chi connectivity index (χ0v) is 17.4. The molecule has 1 atom stereocenters. The van der Waals surface area contributed by atoms with E-state index in [0.29, 0.717) is 19.7 Å². The number of carbonyl (C=O) groups is 1. The Morgan fingerprint density at radius 1 is 1.14 bits per heavy atom. The minimum atomic E-state index is -0.483. The van der Waals surface area contributed by atoms with Crippen molar-refractivity contribution in [1.82, 2.24) is 4.90 Å². The van der Waals surface area contributed by atoms with E-state index in [4.69, 9.17) is 14.2 Å². The number of amides is 1. The van der Waals surface area contributed by atoms with Gasteiger partial charge in [-0.3, -0.25) is 0 Å². The topological polar surface area (TPSA) is 48.0 Å². The van der Waals surface area contributed by atoms with E-state index in [0.717, 1.165) is 41.9 Å². The predicted molar refractivity (Wildman–Crippen MR) is 111 cm³/mol. The summed E-state index contributed by atoms with van der Waals surface area (Å²) < 4.78 is 17.9. The number of hydrogen-bond acceptors (Lipinski definition) is 4. The Kier molecular flexibility index (Phi) is 5.15. The van der Waals surface area contributed by atoms with Gasteiger partial charge in [0.05, 0.1) is 6.54 Å². The van der Waals surface area contributed by atoms with Crippen LogP contribution in [0.15, 0.2) is 48.5 Å². The molecule has 1 saturated heterocycles. The predicted octanol–water partition coefficient (Wildman–Crippen LogP) is 4.97. The summed E-state index contributed by atoms with van der Waals surface area (Å²) in [6.07, 6.45) is 2.38. The van der Waals surface area contributed by atoms with Gasteiger partial charge in [0.15, 0.2) is 0 Å². The summed E-state index contributed by atoms with van der Waals surface area (Å²) in [5.41, 5.74) is 1.52. The zero-order chi connectivity index (χ0) is 20.5. The highest BCUT2D eigenvalue weighted by molar-refractivity contribution is 5.68. The average molecular weight is 395 g/mol. The third-order valence-electron chi connectivity index (χ3n) is 5.42. The molecule has 0 radical (unpaired) electrons. The monoisotopic (exact) mass is 395 g/mol. The number of aryl methyl sites for hydroxylation is 1. The molecule has 1 spiro atoms. The molecular formula is C24H29NO4. The van der Waals surface area contributed by atoms with Gasteiger partial charge in [-0.25, -0.2) is 4.79 Å². The number of likely N-dealkylation sites (tertiary alicyclic amines) is 1. The van der Waals surface area contributed by atoms with Crippen molar-refractivity contribution in [2.75, 3.05) is 13.1 Å². The second-order valence-electron chi connectivity index (χ2n) is 8.98. The van der Waals surface area contributed by atoms with E-state index in [1.165, 1.54) is 0 Å². The van der Waals surface area contributed by atoms with Gasteiger partial charge in [0, 0.05) is 13.0 Å². The third-order valence-corrected chi connectivity index (χ3v) is 5.42. The van der Waals surface area contributed by atoms with E-state index in [-0.39, 0.29) is 11.7 Å². The smallest absolute Gasteiger partial charge is 0.410 e. The van der Waals surface area contributed by atoms with Crippen LogP contribution in [0.1, 0.15) is 44.7 Å². The van der Waals surface area contributed by atoms with Crippen LogP contribution in [0.5, 0.6) is 11.5 Å². The summed E-state index contributed by atoms with van der Waals surface area (Å²) in [4.78, 5) is 14.2. The van der Waals surface area contributed by atoms with Gasteiger partial charge >= 0.3 is 6.09 Å². The van der Waals surface area contributed by atoms with E-state index in [9.17, 15) is 4.79 Å². The molecule has 29 heavy (non-hydrogen) atoms. The molecule has 0 aromatic heterocycles. The molecular weight excluding hydrogens is 366 g/mol. The molecule has 1 unspecified atom stereocenters. The van der Waals surface area contributed by atoms with Gasteiger partial charge in [0.25, 0.3) is 0 Å². The maximum absolute atomic E-state index is 12.4. The third kappa shape index (κ3) is 4.66. The molecule has 2 aliphatic heterocycles. The highest BCUT2D eigenvalue weighted by Gasteiger charge is 2.45. The van der Waals surface area contributed by atoms with Crippen LogP contribution >= 0.6 is 0 Å². The minimum absolute atomic E-state index is 0.256. The van der Waals surface area contributed by atoms with Crippen molar-refractivity contribution in [3.05, 3.63) is 59.7 Å². The van der Waals surface area contributed by atoms with Crippen LogP contribution in [0.2, 0.25) is 0 Å². The van der Waals surface area contributed by atoms with Gasteiger partial charge in [-0.05, 0) is 62.9 Å². The van der Waals surface area contributed by atoms with Gasteiger partial charge in [-0.1, -0.05) is 30.3 Å². The Morgan fingerprint density at radius 3 is 2.69 bits per heavy atom. The largest absolute Gasteiger partial charge is 0.489 e. The van der Waals surface area contributed by atoms with Crippen LogP contribution in [-0.2, 0) is 17.8 Å². The summed E-state index contributed by atoms with van der Waals surface area (Å²) in [7, 11) is 0. The SMILES string of the molecule is CC(C)(C)OC(=O)N1CCC2(CCc3cc(OCc4ccccc4)ccc3O2)C1. The van der Waals surface area contributed by atoms with Crippen LogP contribution in [0.25, 0.3) is 0 Å². The maximum atomic E-state index is 12.4. The van der Waals surface area contributed by atoms with E-state index < -0.39 is 5.60 Å². The summed E-state index contributed by atoms with van der Waals surface area (Å²) in [6.45, 7) is 7.47. The molecule has 1 amide bonds. The van der Waals surface area contributed by atoms with Crippen molar-refractivity contribution >= 4 is 6.09 Å². The molecule has 5 heteroatoms. The summed E-state index contributed by atoms with van der Waals surface area (Å²) in [6, 6.07) is 16.2. The number of carbonyl (C=O) groups excluding carboxylic acids is 1. The number of ether oxygens (including phenoxy) is 3. The van der Waals surface area contributed by atoms with Crippen LogP contribution in [0, 0.1) is 0 Å². The van der Waals surface area contributed by atoms with Crippen molar-refractivity contribution in [3.63, 3.8) is 0 Å². The number of benzene rings is 2. The second kappa shape index (κ2) is 7.62. The first-order valence-electron chi connectivity index (χ1n) is 10.3. The Morgan fingerprint density at radius 2 is 1.93 bits per heavy atom. The summed E-state index contributed by atoms with van der Waals surface area (Å²) in [5, 5.41) is 0. The molecule has 0 N–H and O–H groups in total. The molecule has 0 aliphatic carbocycles. The van der Waals surface area contributed by atoms with E-state index in [1.807, 2.05) is 51.1 Å². The number of hydrogen-bond donors (Lipinski definition) is 0. The van der Waals surface area contributed by atoms with Gasteiger partial charge in [-0.2, -0.15) is 0 Å². The van der Waals surface area contributed by atoms with Gasteiger partial charge < -0.3 is 19.1 Å². The summed E-state index contributed by atoms with van der Waals surface area (Å²) >= 11 is 0. The number of nitrogens with zero attached hydrogens (tertiary/aromatic N) is 1. The van der Waals surface area contributed by atoms with Crippen molar-refractivity contribution in [1.29, 1.82) is 0 Å². The lowest BCUT2D eigenvalue weighted by Gasteiger charge is -2.35. The van der Waals surface area contributed by atoms with Crippen molar-refractivity contribution in [2.45, 2.75) is 57.8 Å². The molecule has 4 rings (SSSR count). The van der Waals surface area contributed by atoms with Crippen LogP contribution < -0.4 is 9.47 Å².